The zero-order chi connectivity index (χ0) is 11.1. The Hall–Kier alpha value is 0.160. The summed E-state index contributed by atoms with van der Waals surface area (Å²) in [6.45, 7) is 0. The molecule has 0 saturated carbocycles. The van der Waals surface area contributed by atoms with Gasteiger partial charge < -0.3 is 4.90 Å². The second-order valence-electron chi connectivity index (χ2n) is 4.63. The quantitative estimate of drug-likeness (QED) is 0.748. The first kappa shape index (κ1) is 11.6. The molecule has 88 valence electrons. The SMILES string of the molecule is CN1C2CCCC1CC(NS(=O)(=O)Cl)C2. The van der Waals surface area contributed by atoms with Crippen molar-refractivity contribution in [2.24, 2.45) is 0 Å². The van der Waals surface area contributed by atoms with E-state index in [1.807, 2.05) is 0 Å². The summed E-state index contributed by atoms with van der Waals surface area (Å²) in [6.07, 6.45) is 5.39. The Kier molecular flexibility index (Phi) is 3.26. The molecule has 4 nitrogen and oxygen atoms in total. The number of halogens is 1. The van der Waals surface area contributed by atoms with Gasteiger partial charge in [-0.25, -0.2) is 0 Å². The molecular weight excluding hydrogens is 236 g/mol. The molecule has 0 aliphatic carbocycles. The molecular formula is C9H17ClN2O2S. The normalized spacial score (nSPS) is 37.9. The first-order valence-electron chi connectivity index (χ1n) is 5.39. The molecule has 2 heterocycles. The fraction of sp³-hybridized carbons (Fsp3) is 1.00. The summed E-state index contributed by atoms with van der Waals surface area (Å²) >= 11 is 0. The largest absolute Gasteiger partial charge is 0.300 e. The van der Waals surface area contributed by atoms with Gasteiger partial charge in [0.15, 0.2) is 0 Å². The molecule has 2 atom stereocenters. The van der Waals surface area contributed by atoms with Gasteiger partial charge in [-0.15, -0.1) is 0 Å². The molecule has 0 amide bonds. The van der Waals surface area contributed by atoms with Crippen LogP contribution in [0.3, 0.4) is 0 Å². The van der Waals surface area contributed by atoms with Crippen molar-refractivity contribution in [2.75, 3.05) is 7.05 Å². The first-order chi connectivity index (χ1) is 6.96. The molecule has 2 fully saturated rings. The summed E-state index contributed by atoms with van der Waals surface area (Å²) in [5.74, 6) is 0. The minimum atomic E-state index is -3.57. The lowest BCUT2D eigenvalue weighted by Gasteiger charge is -2.46. The molecule has 0 aromatic carbocycles. The summed E-state index contributed by atoms with van der Waals surface area (Å²) in [4.78, 5) is 2.39. The van der Waals surface area contributed by atoms with Crippen molar-refractivity contribution in [3.05, 3.63) is 0 Å². The van der Waals surface area contributed by atoms with Crippen LogP contribution in [0.1, 0.15) is 32.1 Å². The van der Waals surface area contributed by atoms with E-state index in [2.05, 4.69) is 16.7 Å². The summed E-state index contributed by atoms with van der Waals surface area (Å²) < 4.78 is 24.4. The Morgan fingerprint density at radius 2 is 1.80 bits per heavy atom. The molecule has 1 N–H and O–H groups in total. The number of fused-ring (bicyclic) bond motifs is 2. The van der Waals surface area contributed by atoms with E-state index < -0.39 is 9.24 Å². The Labute approximate surface area is 95.5 Å². The van der Waals surface area contributed by atoms with E-state index in [1.165, 1.54) is 19.3 Å². The molecule has 0 aromatic heterocycles. The summed E-state index contributed by atoms with van der Waals surface area (Å²) in [6, 6.07) is 1.07. The Bertz CT molecular complexity index is 319. The van der Waals surface area contributed by atoms with E-state index in [9.17, 15) is 8.42 Å². The molecule has 0 radical (unpaired) electrons. The minimum absolute atomic E-state index is 0.0269. The molecule has 2 bridgehead atoms. The summed E-state index contributed by atoms with van der Waals surface area (Å²) in [5, 5.41) is 0. The van der Waals surface area contributed by atoms with Gasteiger partial charge in [0.05, 0.1) is 0 Å². The third-order valence-corrected chi connectivity index (χ3v) is 4.53. The van der Waals surface area contributed by atoms with Crippen LogP contribution in [0.4, 0.5) is 0 Å². The maximum absolute atomic E-state index is 10.9. The van der Waals surface area contributed by atoms with E-state index in [1.54, 1.807) is 0 Å². The van der Waals surface area contributed by atoms with Crippen LogP contribution in [0.5, 0.6) is 0 Å². The van der Waals surface area contributed by atoms with Crippen LogP contribution < -0.4 is 4.72 Å². The van der Waals surface area contributed by atoms with Gasteiger partial charge in [0.2, 0.25) is 0 Å². The Morgan fingerprint density at radius 1 is 1.27 bits per heavy atom. The zero-order valence-electron chi connectivity index (χ0n) is 8.82. The predicted octanol–water partition coefficient (Wildman–Crippen LogP) is 1.07. The molecule has 6 heteroatoms. The van der Waals surface area contributed by atoms with Crippen molar-refractivity contribution in [2.45, 2.75) is 50.2 Å². The second kappa shape index (κ2) is 4.20. The van der Waals surface area contributed by atoms with Crippen LogP contribution in [0.15, 0.2) is 0 Å². The standard InChI is InChI=1S/C9H17ClN2O2S/c1-12-8-3-2-4-9(12)6-7(5-8)11-15(10,13)14/h7-9,11H,2-6H2,1H3. The van der Waals surface area contributed by atoms with Crippen molar-refractivity contribution >= 4 is 19.9 Å². The molecule has 2 unspecified atom stereocenters. The van der Waals surface area contributed by atoms with Crippen LogP contribution in [0, 0.1) is 0 Å². The van der Waals surface area contributed by atoms with Crippen molar-refractivity contribution in [3.8, 4) is 0 Å². The third-order valence-electron chi connectivity index (χ3n) is 3.65. The summed E-state index contributed by atoms with van der Waals surface area (Å²) in [7, 11) is 3.78. The molecule has 2 saturated heterocycles. The Balaban J connectivity index is 2.01. The molecule has 2 aliphatic heterocycles. The van der Waals surface area contributed by atoms with Crippen molar-refractivity contribution in [3.63, 3.8) is 0 Å². The minimum Gasteiger partial charge on any atom is -0.300 e. The summed E-state index contributed by atoms with van der Waals surface area (Å²) in [5.41, 5.74) is 0. The van der Waals surface area contributed by atoms with Crippen molar-refractivity contribution in [1.29, 1.82) is 0 Å². The van der Waals surface area contributed by atoms with Gasteiger partial charge in [0.1, 0.15) is 0 Å². The average molecular weight is 253 g/mol. The highest BCUT2D eigenvalue weighted by Gasteiger charge is 2.36. The van der Waals surface area contributed by atoms with E-state index >= 15 is 0 Å². The highest BCUT2D eigenvalue weighted by Crippen LogP contribution is 2.32. The van der Waals surface area contributed by atoms with E-state index in [4.69, 9.17) is 10.7 Å². The lowest BCUT2D eigenvalue weighted by molar-refractivity contribution is 0.0537. The van der Waals surface area contributed by atoms with Crippen LogP contribution in [0.25, 0.3) is 0 Å². The Morgan fingerprint density at radius 3 is 2.27 bits per heavy atom. The third kappa shape index (κ3) is 2.84. The zero-order valence-corrected chi connectivity index (χ0v) is 10.4. The highest BCUT2D eigenvalue weighted by atomic mass is 35.7. The van der Waals surface area contributed by atoms with Gasteiger partial charge in [-0.3, -0.25) is 0 Å². The van der Waals surface area contributed by atoms with Crippen molar-refractivity contribution < 1.29 is 8.42 Å². The lowest BCUT2D eigenvalue weighted by Crippen LogP contribution is -2.54. The molecule has 2 aliphatic rings. The monoisotopic (exact) mass is 252 g/mol. The molecule has 15 heavy (non-hydrogen) atoms. The second-order valence-corrected chi connectivity index (χ2v) is 6.96. The average Bonchev–Trinajstić information content (AvgIpc) is 2.04. The highest BCUT2D eigenvalue weighted by molar-refractivity contribution is 8.12. The van der Waals surface area contributed by atoms with Crippen LogP contribution >= 0.6 is 10.7 Å². The number of piperidine rings is 2. The predicted molar refractivity (Wildman–Crippen MR) is 60.1 cm³/mol. The topological polar surface area (TPSA) is 49.4 Å². The maximum Gasteiger partial charge on any atom is 0.297 e. The molecule has 0 spiro atoms. The van der Waals surface area contributed by atoms with Gasteiger partial charge in [0.25, 0.3) is 9.24 Å². The number of hydrogen-bond donors (Lipinski definition) is 1. The number of nitrogens with zero attached hydrogens (tertiary/aromatic N) is 1. The van der Waals surface area contributed by atoms with E-state index in [-0.39, 0.29) is 6.04 Å². The van der Waals surface area contributed by atoms with Gasteiger partial charge >= 0.3 is 0 Å². The van der Waals surface area contributed by atoms with Crippen LogP contribution in [-0.4, -0.2) is 38.5 Å². The molecule has 2 rings (SSSR count). The lowest BCUT2D eigenvalue weighted by atomic mass is 9.83. The van der Waals surface area contributed by atoms with Crippen molar-refractivity contribution in [1.82, 2.24) is 9.62 Å². The van der Waals surface area contributed by atoms with Gasteiger partial charge in [0, 0.05) is 28.8 Å². The fourth-order valence-electron chi connectivity index (χ4n) is 2.91. The van der Waals surface area contributed by atoms with Gasteiger partial charge in [-0.05, 0) is 32.7 Å². The number of hydrogen-bond acceptors (Lipinski definition) is 3. The number of rotatable bonds is 2. The van der Waals surface area contributed by atoms with Crippen LogP contribution in [0.2, 0.25) is 0 Å². The van der Waals surface area contributed by atoms with E-state index in [0.717, 1.165) is 12.8 Å². The van der Waals surface area contributed by atoms with Crippen LogP contribution in [-0.2, 0) is 9.24 Å². The smallest absolute Gasteiger partial charge is 0.297 e. The first-order valence-corrected chi connectivity index (χ1v) is 7.70. The number of nitrogens with one attached hydrogen (secondary N) is 1. The van der Waals surface area contributed by atoms with Gasteiger partial charge in [-0.2, -0.15) is 13.1 Å². The maximum atomic E-state index is 10.9. The van der Waals surface area contributed by atoms with E-state index in [0.29, 0.717) is 12.1 Å². The fourth-order valence-corrected chi connectivity index (χ4v) is 3.88. The molecule has 0 aromatic rings. The van der Waals surface area contributed by atoms with Gasteiger partial charge in [-0.1, -0.05) is 6.42 Å².